The lowest BCUT2D eigenvalue weighted by Crippen LogP contribution is -2.31. The molecule has 0 aliphatic carbocycles. The molecule has 7 nitrogen and oxygen atoms in total. The molecule has 0 aromatic heterocycles. The van der Waals surface area contributed by atoms with E-state index in [0.29, 0.717) is 13.0 Å². The number of hydrogen-bond acceptors (Lipinski definition) is 5. The van der Waals surface area contributed by atoms with Gasteiger partial charge in [-0.1, -0.05) is 30.7 Å². The van der Waals surface area contributed by atoms with Gasteiger partial charge in [0.05, 0.1) is 6.42 Å². The van der Waals surface area contributed by atoms with Crippen molar-refractivity contribution in [3.8, 4) is 11.1 Å². The van der Waals surface area contributed by atoms with Crippen LogP contribution in [0.4, 0.5) is 5.69 Å². The Morgan fingerprint density at radius 3 is 2.62 bits per heavy atom. The van der Waals surface area contributed by atoms with Crippen molar-refractivity contribution in [3.63, 3.8) is 0 Å². The molecule has 0 radical (unpaired) electrons. The van der Waals surface area contributed by atoms with Crippen LogP contribution < -0.4 is 10.6 Å². The van der Waals surface area contributed by atoms with Crippen LogP contribution in [0.15, 0.2) is 42.5 Å². The second-order valence-corrected chi connectivity index (χ2v) is 8.14. The molecule has 1 heterocycles. The number of nitrogens with one attached hydrogen (secondary N) is 2. The summed E-state index contributed by atoms with van der Waals surface area (Å²) >= 11 is 0. The molecule has 1 unspecified atom stereocenters. The fourth-order valence-corrected chi connectivity index (χ4v) is 3.43. The molecule has 2 amide bonds. The van der Waals surface area contributed by atoms with Gasteiger partial charge in [0.1, 0.15) is 0 Å². The third kappa shape index (κ3) is 7.10. The molecule has 7 heteroatoms. The highest BCUT2D eigenvalue weighted by Crippen LogP contribution is 2.25. The average molecular weight is 437 g/mol. The van der Waals surface area contributed by atoms with E-state index in [1.807, 2.05) is 36.4 Å². The first-order valence-electron chi connectivity index (χ1n) is 10.8. The van der Waals surface area contributed by atoms with Crippen LogP contribution in [0.5, 0.6) is 0 Å². The highest BCUT2D eigenvalue weighted by Gasteiger charge is 2.41. The third-order valence-corrected chi connectivity index (χ3v) is 4.95. The standard InChI is InChI=1S/C25H28N2O5/c1-25(2)31-21(24(30)32-25)17-23(29)26-15-8-4-7-14-22(28)27-20-13-9-12-19(16-20)18-10-5-3-6-11-18/h5,9-13,16,21H,4,7-8,14-15,17H2,1-2H3,(H,26,29)(H,27,28). The fourth-order valence-electron chi connectivity index (χ4n) is 3.43. The van der Waals surface area contributed by atoms with Crippen molar-refractivity contribution in [1.82, 2.24) is 5.32 Å². The fraction of sp³-hybridized carbons (Fsp3) is 0.400. The zero-order chi connectivity index (χ0) is 23.0. The van der Waals surface area contributed by atoms with Crippen molar-refractivity contribution in [2.45, 2.75) is 57.8 Å². The highest BCUT2D eigenvalue weighted by molar-refractivity contribution is 5.91. The smallest absolute Gasteiger partial charge is 0.338 e. The van der Waals surface area contributed by atoms with Crippen molar-refractivity contribution in [3.05, 3.63) is 54.6 Å². The van der Waals surface area contributed by atoms with Crippen molar-refractivity contribution in [2.24, 2.45) is 0 Å². The molecule has 0 saturated carbocycles. The predicted octanol–water partition coefficient (Wildman–Crippen LogP) is 3.64. The van der Waals surface area contributed by atoms with E-state index < -0.39 is 17.9 Å². The van der Waals surface area contributed by atoms with Crippen LogP contribution in [-0.4, -0.2) is 36.2 Å². The van der Waals surface area contributed by atoms with E-state index >= 15 is 0 Å². The Hall–Kier alpha value is -3.37. The average Bonchev–Trinajstić information content (AvgIpc) is 3.02. The SMILES string of the molecule is CC1(C)OC(=O)C(CC(=O)NCCCCCC(=O)Nc2cccc(-c3cc#ccc3)c2)O1. The van der Waals surface area contributed by atoms with E-state index in [4.69, 9.17) is 9.47 Å². The Morgan fingerprint density at radius 2 is 1.91 bits per heavy atom. The first kappa shape index (κ1) is 23.3. The number of benzene rings is 1. The number of cyclic esters (lactones) is 1. The van der Waals surface area contributed by atoms with E-state index in [9.17, 15) is 14.4 Å². The summed E-state index contributed by atoms with van der Waals surface area (Å²) in [6.45, 7) is 3.76. The molecule has 2 N–H and O–H groups in total. The van der Waals surface area contributed by atoms with Crippen LogP contribution in [-0.2, 0) is 23.9 Å². The highest BCUT2D eigenvalue weighted by atomic mass is 16.8. The zero-order valence-electron chi connectivity index (χ0n) is 18.4. The van der Waals surface area contributed by atoms with E-state index in [-0.39, 0.29) is 18.2 Å². The maximum Gasteiger partial charge on any atom is 0.338 e. The lowest BCUT2D eigenvalue weighted by atomic mass is 10.1. The normalized spacial score (nSPS) is 16.7. The first-order valence-corrected chi connectivity index (χ1v) is 10.8. The van der Waals surface area contributed by atoms with Crippen LogP contribution in [0.2, 0.25) is 0 Å². The Bertz CT molecular complexity index is 942. The number of amides is 2. The van der Waals surface area contributed by atoms with Crippen molar-refractivity contribution in [2.75, 3.05) is 11.9 Å². The molecular weight excluding hydrogens is 408 g/mol. The minimum absolute atomic E-state index is 0.0429. The van der Waals surface area contributed by atoms with Gasteiger partial charge >= 0.3 is 5.97 Å². The molecule has 1 aliphatic rings. The number of anilines is 1. The zero-order valence-corrected chi connectivity index (χ0v) is 18.4. The third-order valence-electron chi connectivity index (χ3n) is 4.95. The van der Waals surface area contributed by atoms with Crippen LogP contribution in [0.1, 0.15) is 46.0 Å². The van der Waals surface area contributed by atoms with Crippen LogP contribution in [0.3, 0.4) is 0 Å². The van der Waals surface area contributed by atoms with Gasteiger partial charge in [-0.2, -0.15) is 0 Å². The Labute approximate surface area is 188 Å². The number of unbranched alkanes of at least 4 members (excludes halogenated alkanes) is 2. The largest absolute Gasteiger partial charge is 0.432 e. The van der Waals surface area contributed by atoms with Gasteiger partial charge in [-0.05, 0) is 54.3 Å². The summed E-state index contributed by atoms with van der Waals surface area (Å²) < 4.78 is 10.4. The summed E-state index contributed by atoms with van der Waals surface area (Å²) in [7, 11) is 0. The minimum Gasteiger partial charge on any atom is -0.432 e. The molecule has 2 aromatic rings. The summed E-state index contributed by atoms with van der Waals surface area (Å²) in [4.78, 5) is 35.8. The van der Waals surface area contributed by atoms with Crippen LogP contribution in [0.25, 0.3) is 11.1 Å². The van der Waals surface area contributed by atoms with Crippen molar-refractivity contribution >= 4 is 23.5 Å². The Kier molecular flexibility index (Phi) is 7.85. The van der Waals surface area contributed by atoms with E-state index in [1.165, 1.54) is 0 Å². The first-order chi connectivity index (χ1) is 15.3. The Morgan fingerprint density at radius 1 is 1.06 bits per heavy atom. The molecule has 32 heavy (non-hydrogen) atoms. The van der Waals surface area contributed by atoms with Gasteiger partial charge in [0, 0.05) is 32.5 Å². The molecule has 1 saturated heterocycles. The van der Waals surface area contributed by atoms with Crippen molar-refractivity contribution < 1.29 is 23.9 Å². The maximum absolute atomic E-state index is 12.2. The van der Waals surface area contributed by atoms with Crippen molar-refractivity contribution in [1.29, 1.82) is 0 Å². The van der Waals surface area contributed by atoms with Gasteiger partial charge < -0.3 is 20.1 Å². The predicted molar refractivity (Wildman–Crippen MR) is 119 cm³/mol. The number of carbonyl (C=O) groups excluding carboxylic acids is 3. The summed E-state index contributed by atoms with van der Waals surface area (Å²) in [6.07, 6.45) is 1.77. The molecule has 0 spiro atoms. The monoisotopic (exact) mass is 436 g/mol. The van der Waals surface area contributed by atoms with E-state index in [0.717, 1.165) is 36.1 Å². The second-order valence-electron chi connectivity index (χ2n) is 8.14. The number of rotatable bonds is 10. The molecule has 3 rings (SSSR count). The van der Waals surface area contributed by atoms with Gasteiger partial charge in [-0.3, -0.25) is 9.59 Å². The second kappa shape index (κ2) is 10.8. The topological polar surface area (TPSA) is 93.7 Å². The summed E-state index contributed by atoms with van der Waals surface area (Å²) in [6, 6.07) is 19.1. The van der Waals surface area contributed by atoms with Gasteiger partial charge in [-0.15, -0.1) is 0 Å². The number of esters is 1. The minimum atomic E-state index is -0.983. The number of ether oxygens (including phenoxy) is 2. The molecule has 1 fully saturated rings. The Balaban J connectivity index is 1.30. The van der Waals surface area contributed by atoms with Gasteiger partial charge in [0.2, 0.25) is 17.6 Å². The number of carbonyl (C=O) groups is 3. The maximum atomic E-state index is 12.2. The molecule has 1 aliphatic heterocycles. The van der Waals surface area contributed by atoms with Crippen LogP contribution >= 0.6 is 0 Å². The quantitative estimate of drug-likeness (QED) is 0.438. The van der Waals surface area contributed by atoms with Gasteiger partial charge in [0.15, 0.2) is 6.10 Å². The molecular formula is C25H28N2O5. The molecule has 168 valence electrons. The summed E-state index contributed by atoms with van der Waals surface area (Å²) in [5.74, 6) is -1.79. The number of hydrogen-bond donors (Lipinski definition) is 2. The molecule has 0 bridgehead atoms. The lowest BCUT2D eigenvalue weighted by Gasteiger charge is -2.15. The van der Waals surface area contributed by atoms with Crippen LogP contribution in [0, 0.1) is 12.1 Å². The summed E-state index contributed by atoms with van der Waals surface area (Å²) in [5, 5.41) is 5.70. The van der Waals surface area contributed by atoms with Gasteiger partial charge in [0.25, 0.3) is 0 Å². The molecule has 1 atom stereocenters. The molecule has 2 aromatic carbocycles. The summed E-state index contributed by atoms with van der Waals surface area (Å²) in [5.41, 5.74) is 2.77. The van der Waals surface area contributed by atoms with E-state index in [1.54, 1.807) is 19.9 Å². The van der Waals surface area contributed by atoms with E-state index in [2.05, 4.69) is 22.8 Å². The van der Waals surface area contributed by atoms with Gasteiger partial charge in [-0.25, -0.2) is 4.79 Å². The lowest BCUT2D eigenvalue weighted by molar-refractivity contribution is -0.160.